The molecule has 0 unspecified atom stereocenters. The van der Waals surface area contributed by atoms with E-state index in [1.54, 1.807) is 5.38 Å². The van der Waals surface area contributed by atoms with Crippen LogP contribution in [0.2, 0.25) is 5.02 Å². The zero-order valence-electron chi connectivity index (χ0n) is 11.6. The van der Waals surface area contributed by atoms with Gasteiger partial charge in [0.2, 0.25) is 0 Å². The van der Waals surface area contributed by atoms with Crippen LogP contribution in [0.4, 0.5) is 0 Å². The number of carbonyl (C=O) groups is 1. The Labute approximate surface area is 132 Å². The van der Waals surface area contributed by atoms with E-state index in [2.05, 4.69) is 4.98 Å². The number of aliphatic carboxylic acids is 1. The Morgan fingerprint density at radius 1 is 1.48 bits per heavy atom. The van der Waals surface area contributed by atoms with Crippen LogP contribution < -0.4 is 4.74 Å². The lowest BCUT2D eigenvalue weighted by Crippen LogP contribution is -2.02. The molecule has 4 nitrogen and oxygen atoms in total. The van der Waals surface area contributed by atoms with E-state index in [0.717, 1.165) is 29.2 Å². The maximum Gasteiger partial charge on any atom is 0.309 e. The summed E-state index contributed by atoms with van der Waals surface area (Å²) in [5, 5.41) is 12.1. The molecule has 1 aromatic carbocycles. The third-order valence-electron chi connectivity index (χ3n) is 2.86. The molecule has 0 aliphatic heterocycles. The SMILES string of the molecule is Cc1cc(Cl)ccc1OCCCc1nc(CC(=O)O)cs1. The average Bonchev–Trinajstić information content (AvgIpc) is 2.83. The van der Waals surface area contributed by atoms with E-state index < -0.39 is 5.97 Å². The van der Waals surface area contributed by atoms with Gasteiger partial charge in [-0.3, -0.25) is 4.79 Å². The predicted octanol–water partition coefficient (Wildman–Crippen LogP) is 3.74. The molecule has 0 aliphatic rings. The van der Waals surface area contributed by atoms with Gasteiger partial charge < -0.3 is 9.84 Å². The van der Waals surface area contributed by atoms with Gasteiger partial charge in [0.15, 0.2) is 0 Å². The Morgan fingerprint density at radius 3 is 3.00 bits per heavy atom. The average molecular weight is 326 g/mol. The highest BCUT2D eigenvalue weighted by atomic mass is 35.5. The molecular formula is C15H16ClNO3S. The van der Waals surface area contributed by atoms with E-state index in [1.165, 1.54) is 11.3 Å². The summed E-state index contributed by atoms with van der Waals surface area (Å²) < 4.78 is 5.71. The first-order valence-electron chi connectivity index (χ1n) is 6.58. The quantitative estimate of drug-likeness (QED) is 0.788. The molecule has 0 bridgehead atoms. The van der Waals surface area contributed by atoms with Crippen LogP contribution in [0.3, 0.4) is 0 Å². The Hall–Kier alpha value is -1.59. The standard InChI is InChI=1S/C15H16ClNO3S/c1-10-7-11(16)4-5-13(10)20-6-2-3-14-17-12(9-21-14)8-15(18)19/h4-5,7,9H,2-3,6,8H2,1H3,(H,18,19). The molecule has 6 heteroatoms. The van der Waals surface area contributed by atoms with Crippen LogP contribution in [-0.2, 0) is 17.6 Å². The lowest BCUT2D eigenvalue weighted by Gasteiger charge is -2.08. The first-order valence-corrected chi connectivity index (χ1v) is 7.84. The Kier molecular flexibility index (Phi) is 5.59. The molecule has 0 amide bonds. The van der Waals surface area contributed by atoms with Gasteiger partial charge in [-0.1, -0.05) is 11.6 Å². The van der Waals surface area contributed by atoms with Gasteiger partial charge in [-0.15, -0.1) is 11.3 Å². The normalized spacial score (nSPS) is 10.6. The minimum atomic E-state index is -0.853. The molecule has 0 aliphatic carbocycles. The fourth-order valence-corrected chi connectivity index (χ4v) is 2.95. The zero-order chi connectivity index (χ0) is 15.2. The topological polar surface area (TPSA) is 59.4 Å². The van der Waals surface area contributed by atoms with Crippen LogP contribution in [-0.4, -0.2) is 22.7 Å². The number of aryl methyl sites for hydroxylation is 2. The number of benzene rings is 1. The highest BCUT2D eigenvalue weighted by Gasteiger charge is 2.06. The smallest absolute Gasteiger partial charge is 0.309 e. The third kappa shape index (κ3) is 5.02. The van der Waals surface area contributed by atoms with E-state index in [4.69, 9.17) is 21.4 Å². The maximum absolute atomic E-state index is 10.6. The van der Waals surface area contributed by atoms with E-state index >= 15 is 0 Å². The van der Waals surface area contributed by atoms with E-state index in [-0.39, 0.29) is 6.42 Å². The molecule has 1 N–H and O–H groups in total. The van der Waals surface area contributed by atoms with Gasteiger partial charge in [0.25, 0.3) is 0 Å². The second-order valence-electron chi connectivity index (χ2n) is 4.66. The van der Waals surface area contributed by atoms with E-state index in [9.17, 15) is 4.79 Å². The molecule has 1 heterocycles. The molecule has 2 rings (SSSR count). The minimum Gasteiger partial charge on any atom is -0.493 e. The molecule has 0 saturated carbocycles. The zero-order valence-corrected chi connectivity index (χ0v) is 13.2. The number of hydrogen-bond acceptors (Lipinski definition) is 4. The van der Waals surface area contributed by atoms with Crippen molar-refractivity contribution in [1.82, 2.24) is 4.98 Å². The van der Waals surface area contributed by atoms with Gasteiger partial charge in [0, 0.05) is 16.8 Å². The van der Waals surface area contributed by atoms with Crippen LogP contribution in [0.25, 0.3) is 0 Å². The van der Waals surface area contributed by atoms with Crippen molar-refractivity contribution >= 4 is 28.9 Å². The highest BCUT2D eigenvalue weighted by Crippen LogP contribution is 2.22. The fraction of sp³-hybridized carbons (Fsp3) is 0.333. The second kappa shape index (κ2) is 7.43. The van der Waals surface area contributed by atoms with Crippen LogP contribution in [0.1, 0.15) is 22.7 Å². The minimum absolute atomic E-state index is 0.0169. The summed E-state index contributed by atoms with van der Waals surface area (Å²) >= 11 is 7.39. The molecule has 0 saturated heterocycles. The van der Waals surface area contributed by atoms with Gasteiger partial charge in [0.05, 0.1) is 23.7 Å². The lowest BCUT2D eigenvalue weighted by molar-refractivity contribution is -0.136. The van der Waals surface area contributed by atoms with Crippen LogP contribution in [0.5, 0.6) is 5.75 Å². The molecule has 21 heavy (non-hydrogen) atoms. The first-order chi connectivity index (χ1) is 10.0. The van der Waals surface area contributed by atoms with Gasteiger partial charge in [-0.25, -0.2) is 4.98 Å². The number of aromatic nitrogens is 1. The van der Waals surface area contributed by atoms with Crippen molar-refractivity contribution in [3.63, 3.8) is 0 Å². The molecular weight excluding hydrogens is 310 g/mol. The number of nitrogens with zero attached hydrogens (tertiary/aromatic N) is 1. The van der Waals surface area contributed by atoms with Crippen LogP contribution in [0, 0.1) is 6.92 Å². The Morgan fingerprint density at radius 2 is 2.29 bits per heavy atom. The number of carboxylic acids is 1. The first kappa shape index (κ1) is 15.8. The summed E-state index contributed by atoms with van der Waals surface area (Å²) in [5.74, 6) is -0.0153. The Bertz CT molecular complexity index is 627. The van der Waals surface area contributed by atoms with E-state index in [1.807, 2.05) is 25.1 Å². The molecule has 0 atom stereocenters. The summed E-state index contributed by atoms with van der Waals surface area (Å²) in [6.07, 6.45) is 1.61. The number of hydrogen-bond donors (Lipinski definition) is 1. The molecule has 112 valence electrons. The van der Waals surface area contributed by atoms with Crippen molar-refractivity contribution in [2.75, 3.05) is 6.61 Å². The summed E-state index contributed by atoms with van der Waals surface area (Å²) in [7, 11) is 0. The van der Waals surface area contributed by atoms with Crippen molar-refractivity contribution < 1.29 is 14.6 Å². The molecule has 0 radical (unpaired) electrons. The third-order valence-corrected chi connectivity index (χ3v) is 4.05. The summed E-state index contributed by atoms with van der Waals surface area (Å²) in [5.41, 5.74) is 1.64. The summed E-state index contributed by atoms with van der Waals surface area (Å²) in [6, 6.07) is 5.55. The van der Waals surface area contributed by atoms with Crippen molar-refractivity contribution in [2.24, 2.45) is 0 Å². The van der Waals surface area contributed by atoms with E-state index in [0.29, 0.717) is 17.3 Å². The van der Waals surface area contributed by atoms with Crippen LogP contribution >= 0.6 is 22.9 Å². The molecule has 1 aromatic heterocycles. The van der Waals surface area contributed by atoms with Gasteiger partial charge in [0.1, 0.15) is 5.75 Å². The van der Waals surface area contributed by atoms with Crippen molar-refractivity contribution in [3.05, 3.63) is 44.9 Å². The summed E-state index contributed by atoms with van der Waals surface area (Å²) in [6.45, 7) is 2.55. The number of carboxylic acid groups (broad SMARTS) is 1. The number of ether oxygens (including phenoxy) is 1. The van der Waals surface area contributed by atoms with Crippen LogP contribution in [0.15, 0.2) is 23.6 Å². The largest absolute Gasteiger partial charge is 0.493 e. The monoisotopic (exact) mass is 325 g/mol. The summed E-state index contributed by atoms with van der Waals surface area (Å²) in [4.78, 5) is 14.9. The molecule has 0 spiro atoms. The molecule has 2 aromatic rings. The second-order valence-corrected chi connectivity index (χ2v) is 6.04. The number of rotatable bonds is 7. The predicted molar refractivity (Wildman–Crippen MR) is 83.5 cm³/mol. The van der Waals surface area contributed by atoms with Gasteiger partial charge in [-0.2, -0.15) is 0 Å². The lowest BCUT2D eigenvalue weighted by atomic mass is 10.2. The van der Waals surface area contributed by atoms with Crippen molar-refractivity contribution in [3.8, 4) is 5.75 Å². The Balaban J connectivity index is 1.76. The maximum atomic E-state index is 10.6. The number of thiazole rings is 1. The van der Waals surface area contributed by atoms with Crippen molar-refractivity contribution in [1.29, 1.82) is 0 Å². The van der Waals surface area contributed by atoms with Gasteiger partial charge >= 0.3 is 5.97 Å². The molecule has 0 fully saturated rings. The fourth-order valence-electron chi connectivity index (χ4n) is 1.88. The highest BCUT2D eigenvalue weighted by molar-refractivity contribution is 7.09. The van der Waals surface area contributed by atoms with Gasteiger partial charge in [-0.05, 0) is 37.1 Å². The van der Waals surface area contributed by atoms with Crippen molar-refractivity contribution in [2.45, 2.75) is 26.2 Å². The number of halogens is 1.